The van der Waals surface area contributed by atoms with Gasteiger partial charge in [-0.25, -0.2) is 0 Å². The van der Waals surface area contributed by atoms with Crippen molar-refractivity contribution in [3.8, 4) is 0 Å². The summed E-state index contributed by atoms with van der Waals surface area (Å²) in [5, 5.41) is 0. The van der Waals surface area contributed by atoms with Gasteiger partial charge in [0.2, 0.25) is 0 Å². The number of rotatable bonds is 4. The van der Waals surface area contributed by atoms with Gasteiger partial charge in [0.1, 0.15) is 0 Å². The summed E-state index contributed by atoms with van der Waals surface area (Å²) in [5.41, 5.74) is 5.01. The van der Waals surface area contributed by atoms with Gasteiger partial charge < -0.3 is 18.6 Å². The number of benzene rings is 2. The fourth-order valence-corrected chi connectivity index (χ4v) is 11.6. The lowest BCUT2D eigenvalue weighted by Gasteiger charge is -2.75. The zero-order valence-electron chi connectivity index (χ0n) is 28.1. The van der Waals surface area contributed by atoms with E-state index < -0.39 is 0 Å². The van der Waals surface area contributed by atoms with E-state index in [1.807, 2.05) is 0 Å². The molecular weight excluding hydrogens is 542 g/mol. The molecule has 11 rings (SSSR count). The minimum atomic E-state index is -0.304. The molecule has 0 aromatic heterocycles. The van der Waals surface area contributed by atoms with Gasteiger partial charge in [-0.1, -0.05) is 48.5 Å². The Morgan fingerprint density at radius 3 is 0.864 bits per heavy atom. The van der Waals surface area contributed by atoms with Gasteiger partial charge in [0, 0.05) is 0 Å². The van der Waals surface area contributed by atoms with Crippen LogP contribution < -0.4 is 10.9 Å². The first-order chi connectivity index (χ1) is 20.6. The summed E-state index contributed by atoms with van der Waals surface area (Å²) in [6, 6.07) is 19.0. The molecule has 2 aliphatic heterocycles. The van der Waals surface area contributed by atoms with Crippen molar-refractivity contribution in [2.45, 2.75) is 127 Å². The first-order valence-corrected chi connectivity index (χ1v) is 17.6. The maximum atomic E-state index is 6.37. The molecule has 6 heteroatoms. The molecule has 4 nitrogen and oxygen atoms in total. The lowest BCUT2D eigenvalue weighted by Crippen LogP contribution is -2.69. The van der Waals surface area contributed by atoms with Gasteiger partial charge in [-0.2, -0.15) is 0 Å². The van der Waals surface area contributed by atoms with Crippen molar-refractivity contribution in [3.63, 3.8) is 0 Å². The minimum Gasteiger partial charge on any atom is -0.399 e. The summed E-state index contributed by atoms with van der Waals surface area (Å²) in [6.07, 6.45) is 8.39. The fourth-order valence-electron chi connectivity index (χ4n) is 11.6. The second-order valence-electron chi connectivity index (χ2n) is 18.2. The van der Waals surface area contributed by atoms with E-state index in [1.165, 1.54) is 38.5 Å². The summed E-state index contributed by atoms with van der Waals surface area (Å²) < 4.78 is 25.5. The highest BCUT2D eigenvalue weighted by atomic mass is 16.7. The molecule has 44 heavy (non-hydrogen) atoms. The predicted molar refractivity (Wildman–Crippen MR) is 176 cm³/mol. The highest BCUT2D eigenvalue weighted by molar-refractivity contribution is 6.62. The van der Waals surface area contributed by atoms with E-state index in [-0.39, 0.29) is 36.6 Å². The Balaban J connectivity index is 0.941. The third-order valence-corrected chi connectivity index (χ3v) is 15.2. The Labute approximate surface area is 265 Å². The van der Waals surface area contributed by atoms with Crippen LogP contribution in [-0.4, -0.2) is 36.6 Å². The van der Waals surface area contributed by atoms with Crippen LogP contribution in [0.4, 0.5) is 0 Å². The van der Waals surface area contributed by atoms with Gasteiger partial charge in [0.15, 0.2) is 0 Å². The van der Waals surface area contributed by atoms with Crippen molar-refractivity contribution in [3.05, 3.63) is 59.7 Å². The van der Waals surface area contributed by atoms with E-state index in [0.717, 1.165) is 46.4 Å². The third kappa shape index (κ3) is 3.69. The average Bonchev–Trinajstić information content (AvgIpc) is 3.35. The molecule has 8 bridgehead atoms. The lowest BCUT2D eigenvalue weighted by atomic mass is 9.29. The molecule has 2 aromatic rings. The predicted octanol–water partition coefficient (Wildman–Crippen LogP) is 6.57. The van der Waals surface area contributed by atoms with E-state index in [1.54, 1.807) is 11.1 Å². The highest BCUT2D eigenvalue weighted by Crippen LogP contribution is 2.77. The third-order valence-electron chi connectivity index (χ3n) is 15.2. The molecule has 2 aromatic carbocycles. The first-order valence-electron chi connectivity index (χ1n) is 17.6. The van der Waals surface area contributed by atoms with Gasteiger partial charge >= 0.3 is 14.2 Å². The van der Waals surface area contributed by atoms with Crippen molar-refractivity contribution in [2.75, 3.05) is 0 Å². The van der Waals surface area contributed by atoms with Crippen LogP contribution in [0.5, 0.6) is 0 Å². The van der Waals surface area contributed by atoms with E-state index in [9.17, 15) is 0 Å². The fraction of sp³-hybridized carbons (Fsp3) is 0.684. The van der Waals surface area contributed by atoms with Crippen LogP contribution in [0.1, 0.15) is 105 Å². The SMILES string of the molecule is CC1(C)OB(c2ccc(C34CC5C6CC7(c8ccc(B9OC(C)(C)C(C)(C)O9)cc8)CC5C(C3)C(C7)C6C4)cc2)OC1(C)C. The van der Waals surface area contributed by atoms with E-state index in [2.05, 4.69) is 104 Å². The van der Waals surface area contributed by atoms with Crippen LogP contribution in [-0.2, 0) is 29.4 Å². The molecule has 0 radical (unpaired) electrons. The molecule has 9 fully saturated rings. The Bertz CT molecular complexity index is 1280. The van der Waals surface area contributed by atoms with E-state index in [0.29, 0.717) is 10.8 Å². The molecule has 7 saturated carbocycles. The van der Waals surface area contributed by atoms with Crippen LogP contribution in [0.3, 0.4) is 0 Å². The maximum absolute atomic E-state index is 6.37. The van der Waals surface area contributed by atoms with Crippen LogP contribution in [0.2, 0.25) is 0 Å². The Hall–Kier alpha value is -1.59. The van der Waals surface area contributed by atoms with E-state index in [4.69, 9.17) is 18.6 Å². The zero-order chi connectivity index (χ0) is 30.7. The van der Waals surface area contributed by atoms with Crippen molar-refractivity contribution in [1.29, 1.82) is 0 Å². The van der Waals surface area contributed by atoms with Crippen LogP contribution in [0, 0.1) is 35.5 Å². The molecule has 9 aliphatic rings. The molecule has 0 spiro atoms. The van der Waals surface area contributed by atoms with Crippen molar-refractivity contribution in [2.24, 2.45) is 35.5 Å². The first kappa shape index (κ1) is 28.6. The maximum Gasteiger partial charge on any atom is 0.494 e. The van der Waals surface area contributed by atoms with Gasteiger partial charge in [-0.05, 0) is 162 Å². The lowest BCUT2D eigenvalue weighted by molar-refractivity contribution is -0.221. The van der Waals surface area contributed by atoms with Crippen molar-refractivity contribution >= 4 is 25.2 Å². The summed E-state index contributed by atoms with van der Waals surface area (Å²) in [7, 11) is -0.558. The smallest absolute Gasteiger partial charge is 0.399 e. The van der Waals surface area contributed by atoms with Gasteiger partial charge in [-0.3, -0.25) is 0 Å². The minimum absolute atomic E-state index is 0.279. The molecule has 0 unspecified atom stereocenters. The highest BCUT2D eigenvalue weighted by Gasteiger charge is 2.70. The van der Waals surface area contributed by atoms with Crippen molar-refractivity contribution < 1.29 is 18.6 Å². The van der Waals surface area contributed by atoms with Crippen molar-refractivity contribution in [1.82, 2.24) is 0 Å². The van der Waals surface area contributed by atoms with E-state index >= 15 is 0 Å². The van der Waals surface area contributed by atoms with Gasteiger partial charge in [-0.15, -0.1) is 0 Å². The Morgan fingerprint density at radius 1 is 0.409 bits per heavy atom. The molecule has 232 valence electrons. The average molecular weight is 592 g/mol. The molecule has 0 N–H and O–H groups in total. The molecule has 7 aliphatic carbocycles. The summed E-state index contributed by atoms with van der Waals surface area (Å²) in [4.78, 5) is 0. The van der Waals surface area contributed by atoms with Gasteiger partial charge in [0.05, 0.1) is 22.4 Å². The molecular formula is C38H50B2O4. The monoisotopic (exact) mass is 592 g/mol. The second-order valence-corrected chi connectivity index (χ2v) is 18.2. The summed E-state index contributed by atoms with van der Waals surface area (Å²) >= 11 is 0. The van der Waals surface area contributed by atoms with Gasteiger partial charge in [0.25, 0.3) is 0 Å². The normalized spacial score (nSPS) is 42.9. The quantitative estimate of drug-likeness (QED) is 0.377. The van der Waals surface area contributed by atoms with Crippen LogP contribution >= 0.6 is 0 Å². The molecule has 0 atom stereocenters. The molecule has 2 heterocycles. The summed E-state index contributed by atoms with van der Waals surface area (Å²) in [5.74, 6) is 5.44. The zero-order valence-corrected chi connectivity index (χ0v) is 28.1. The number of hydrogen-bond acceptors (Lipinski definition) is 4. The standard InChI is InChI=1S/C38H50B2O4/c1-33(2)34(3,4)42-39(41-33)25-13-9-23(10-14-25)37-17-27-30-20-38(21-31(27)29(19-37)32(22-38)28(30)18-37)24-11-15-26(16-12-24)40-43-35(5,6)36(7,8)44-40/h9-16,27-32H,17-22H2,1-8H3. The summed E-state index contributed by atoms with van der Waals surface area (Å²) in [6.45, 7) is 17.1. The van der Waals surface area contributed by atoms with Crippen LogP contribution in [0.15, 0.2) is 48.5 Å². The second kappa shape index (κ2) is 8.65. The molecule has 2 saturated heterocycles. The molecule has 0 amide bonds. The largest absolute Gasteiger partial charge is 0.494 e. The Morgan fingerprint density at radius 2 is 0.636 bits per heavy atom. The van der Waals surface area contributed by atoms with Crippen LogP contribution in [0.25, 0.3) is 0 Å². The Kier molecular flexibility index (Phi) is 5.63. The number of hydrogen-bond donors (Lipinski definition) is 0. The topological polar surface area (TPSA) is 36.9 Å².